The van der Waals surface area contributed by atoms with Gasteiger partial charge < -0.3 is 10.9 Å². The number of nitrogens with two attached hydrogens (primary N) is 1. The molecule has 2 aromatic carbocycles. The summed E-state index contributed by atoms with van der Waals surface area (Å²) in [6.45, 7) is 4.68. The Morgan fingerprint density at radius 1 is 1.09 bits per heavy atom. The molecule has 3 heteroatoms. The quantitative estimate of drug-likeness (QED) is 0.379. The van der Waals surface area contributed by atoms with E-state index in [1.807, 2.05) is 24.3 Å². The molecule has 0 radical (unpaired) electrons. The van der Waals surface area contributed by atoms with E-state index >= 15 is 0 Å². The molecule has 0 aliphatic heterocycles. The summed E-state index contributed by atoms with van der Waals surface area (Å²) in [5, 5.41) is 12.4. The first-order chi connectivity index (χ1) is 10.7. The van der Waals surface area contributed by atoms with E-state index in [0.717, 1.165) is 11.1 Å². The van der Waals surface area contributed by atoms with Crippen molar-refractivity contribution >= 4 is 17.9 Å². The van der Waals surface area contributed by atoms with E-state index in [4.69, 9.17) is 10.9 Å². The van der Waals surface area contributed by atoms with Crippen LogP contribution in [-0.2, 0) is 0 Å². The van der Waals surface area contributed by atoms with Crippen LogP contribution in [-0.4, -0.2) is 17.5 Å². The molecule has 0 spiro atoms. The van der Waals surface area contributed by atoms with Gasteiger partial charge in [-0.15, -0.1) is 0 Å². The molecule has 0 fully saturated rings. The summed E-state index contributed by atoms with van der Waals surface area (Å²) in [4.78, 5) is 0. The minimum Gasteiger partial charge on any atom is -0.411 e. The highest BCUT2D eigenvalue weighted by molar-refractivity contribution is 6.00. The fraction of sp³-hybridized carbons (Fsp3) is 0.211. The fourth-order valence-corrected chi connectivity index (χ4v) is 2.48. The van der Waals surface area contributed by atoms with Crippen LogP contribution < -0.4 is 5.73 Å². The van der Waals surface area contributed by atoms with Crippen LogP contribution >= 0.6 is 0 Å². The van der Waals surface area contributed by atoms with E-state index in [1.54, 1.807) is 0 Å². The summed E-state index contributed by atoms with van der Waals surface area (Å²) in [6.07, 6.45) is 4.76. The van der Waals surface area contributed by atoms with Gasteiger partial charge in [0.25, 0.3) is 0 Å². The lowest BCUT2D eigenvalue weighted by molar-refractivity contribution is 0.318. The van der Waals surface area contributed by atoms with Gasteiger partial charge in [-0.2, -0.15) is 0 Å². The van der Waals surface area contributed by atoms with Crippen LogP contribution in [0.3, 0.4) is 0 Å². The topological polar surface area (TPSA) is 58.6 Å². The van der Waals surface area contributed by atoms with Crippen LogP contribution in [0.1, 0.15) is 34.2 Å². The molecule has 0 saturated carbocycles. The zero-order valence-electron chi connectivity index (χ0n) is 13.1. The molecule has 114 valence electrons. The smallest absolute Gasteiger partial charge is 0.0880 e. The van der Waals surface area contributed by atoms with Crippen LogP contribution in [0, 0.1) is 13.8 Å². The van der Waals surface area contributed by atoms with Crippen molar-refractivity contribution in [2.75, 3.05) is 6.54 Å². The largest absolute Gasteiger partial charge is 0.411 e. The number of aryl methyl sites for hydroxylation is 2. The standard InChI is InChI=1S/C19H22N2O/c1-14-5-3-6-15(2)18(14)10-9-16-7-4-8-17(13-16)19(21-22)11-12-20/h3-10,13,22H,11-12,20H2,1-2H3/b10-9+,21-19-. The summed E-state index contributed by atoms with van der Waals surface area (Å²) in [7, 11) is 0. The Hall–Kier alpha value is -2.39. The Bertz CT molecular complexity index is 682. The Kier molecular flexibility index (Phi) is 5.50. The Balaban J connectivity index is 2.29. The van der Waals surface area contributed by atoms with Crippen molar-refractivity contribution in [1.29, 1.82) is 0 Å². The van der Waals surface area contributed by atoms with Gasteiger partial charge in [-0.05, 0) is 54.3 Å². The van der Waals surface area contributed by atoms with E-state index < -0.39 is 0 Å². The molecule has 0 amide bonds. The van der Waals surface area contributed by atoms with Crippen molar-refractivity contribution in [3.05, 3.63) is 70.3 Å². The molecule has 0 heterocycles. The third-order valence-electron chi connectivity index (χ3n) is 3.71. The third kappa shape index (κ3) is 3.83. The van der Waals surface area contributed by atoms with Crippen LogP contribution in [0.5, 0.6) is 0 Å². The normalized spacial score (nSPS) is 12.0. The summed E-state index contributed by atoms with van der Waals surface area (Å²) in [6, 6.07) is 14.2. The maximum absolute atomic E-state index is 9.10. The first kappa shape index (κ1) is 16.0. The third-order valence-corrected chi connectivity index (χ3v) is 3.71. The molecule has 0 aliphatic rings. The number of hydrogen-bond donors (Lipinski definition) is 2. The molecular formula is C19H22N2O. The van der Waals surface area contributed by atoms with Gasteiger partial charge in [0.15, 0.2) is 0 Å². The monoisotopic (exact) mass is 294 g/mol. The molecule has 0 saturated heterocycles. The summed E-state index contributed by atoms with van der Waals surface area (Å²) < 4.78 is 0. The Morgan fingerprint density at radius 3 is 2.41 bits per heavy atom. The molecule has 3 nitrogen and oxygen atoms in total. The highest BCUT2D eigenvalue weighted by Gasteiger charge is 2.04. The Labute approximate surface area is 131 Å². The maximum Gasteiger partial charge on any atom is 0.0880 e. The van der Waals surface area contributed by atoms with Gasteiger partial charge >= 0.3 is 0 Å². The maximum atomic E-state index is 9.10. The molecule has 0 unspecified atom stereocenters. The summed E-state index contributed by atoms with van der Waals surface area (Å²) in [5.74, 6) is 0. The van der Waals surface area contributed by atoms with Crippen LogP contribution in [0.4, 0.5) is 0 Å². The van der Waals surface area contributed by atoms with E-state index in [-0.39, 0.29) is 0 Å². The minimum atomic E-state index is 0.460. The molecule has 2 aromatic rings. The molecule has 22 heavy (non-hydrogen) atoms. The van der Waals surface area contributed by atoms with Crippen molar-refractivity contribution in [1.82, 2.24) is 0 Å². The molecular weight excluding hydrogens is 272 g/mol. The van der Waals surface area contributed by atoms with E-state index in [2.05, 4.69) is 49.4 Å². The minimum absolute atomic E-state index is 0.460. The molecule has 0 aromatic heterocycles. The number of benzene rings is 2. The number of rotatable bonds is 5. The van der Waals surface area contributed by atoms with Crippen LogP contribution in [0.25, 0.3) is 12.2 Å². The van der Waals surface area contributed by atoms with Crippen LogP contribution in [0.15, 0.2) is 47.6 Å². The molecule has 0 atom stereocenters. The van der Waals surface area contributed by atoms with Gasteiger partial charge in [0.05, 0.1) is 5.71 Å². The first-order valence-corrected chi connectivity index (χ1v) is 7.41. The van der Waals surface area contributed by atoms with Gasteiger partial charge in [-0.1, -0.05) is 53.7 Å². The van der Waals surface area contributed by atoms with Gasteiger partial charge in [0.2, 0.25) is 0 Å². The molecule has 0 bridgehead atoms. The second kappa shape index (κ2) is 7.57. The zero-order chi connectivity index (χ0) is 15.9. The highest BCUT2D eigenvalue weighted by Crippen LogP contribution is 2.17. The van der Waals surface area contributed by atoms with E-state index in [0.29, 0.717) is 18.7 Å². The lowest BCUT2D eigenvalue weighted by Crippen LogP contribution is -2.09. The molecule has 0 aliphatic carbocycles. The number of hydrogen-bond acceptors (Lipinski definition) is 3. The number of nitrogens with zero attached hydrogens (tertiary/aromatic N) is 1. The van der Waals surface area contributed by atoms with E-state index in [9.17, 15) is 0 Å². The fourth-order valence-electron chi connectivity index (χ4n) is 2.48. The van der Waals surface area contributed by atoms with Crippen LogP contribution in [0.2, 0.25) is 0 Å². The number of oxime groups is 1. The van der Waals surface area contributed by atoms with Gasteiger partial charge in [0, 0.05) is 6.42 Å². The van der Waals surface area contributed by atoms with Gasteiger partial charge in [0.1, 0.15) is 0 Å². The molecule has 3 N–H and O–H groups in total. The second-order valence-corrected chi connectivity index (χ2v) is 5.35. The van der Waals surface area contributed by atoms with Crippen molar-refractivity contribution in [2.24, 2.45) is 10.9 Å². The lowest BCUT2D eigenvalue weighted by atomic mass is 10.0. The van der Waals surface area contributed by atoms with Gasteiger partial charge in [-0.3, -0.25) is 0 Å². The lowest BCUT2D eigenvalue weighted by Gasteiger charge is -2.06. The predicted octanol–water partition coefficient (Wildman–Crippen LogP) is 4.00. The first-order valence-electron chi connectivity index (χ1n) is 7.41. The average Bonchev–Trinajstić information content (AvgIpc) is 2.52. The summed E-state index contributed by atoms with van der Waals surface area (Å²) >= 11 is 0. The highest BCUT2D eigenvalue weighted by atomic mass is 16.4. The van der Waals surface area contributed by atoms with Gasteiger partial charge in [-0.25, -0.2) is 0 Å². The summed E-state index contributed by atoms with van der Waals surface area (Å²) in [5.41, 5.74) is 11.9. The Morgan fingerprint density at radius 2 is 1.77 bits per heavy atom. The van der Waals surface area contributed by atoms with E-state index in [1.165, 1.54) is 16.7 Å². The van der Waals surface area contributed by atoms with Crippen molar-refractivity contribution in [3.63, 3.8) is 0 Å². The van der Waals surface area contributed by atoms with Crippen molar-refractivity contribution in [2.45, 2.75) is 20.3 Å². The van der Waals surface area contributed by atoms with Crippen molar-refractivity contribution < 1.29 is 5.21 Å². The SMILES string of the molecule is Cc1cccc(C)c1/C=C/c1cccc(/C(CCN)=N\O)c1. The predicted molar refractivity (Wildman–Crippen MR) is 93.3 cm³/mol. The zero-order valence-corrected chi connectivity index (χ0v) is 13.1. The van der Waals surface area contributed by atoms with Crippen molar-refractivity contribution in [3.8, 4) is 0 Å². The second-order valence-electron chi connectivity index (χ2n) is 5.35. The average molecular weight is 294 g/mol. The molecule has 2 rings (SSSR count).